The highest BCUT2D eigenvalue weighted by molar-refractivity contribution is 5.54. The molecule has 2 rings (SSSR count). The standard InChI is InChI=1S/C16H21N3/c1-12-8-9-18-11-14(12)16(10-17)19(3)15-7-5-4-6-13(15)2/h4-9,11,16H,10,17H2,1-3H3. The van der Waals surface area contributed by atoms with Gasteiger partial charge < -0.3 is 10.6 Å². The van der Waals surface area contributed by atoms with E-state index >= 15 is 0 Å². The quantitative estimate of drug-likeness (QED) is 0.913. The molecule has 0 spiro atoms. The summed E-state index contributed by atoms with van der Waals surface area (Å²) in [7, 11) is 2.09. The van der Waals surface area contributed by atoms with Crippen molar-refractivity contribution in [3.05, 3.63) is 59.4 Å². The van der Waals surface area contributed by atoms with E-state index in [-0.39, 0.29) is 6.04 Å². The van der Waals surface area contributed by atoms with Gasteiger partial charge in [0, 0.05) is 31.7 Å². The zero-order valence-electron chi connectivity index (χ0n) is 11.8. The van der Waals surface area contributed by atoms with E-state index in [2.05, 4.69) is 55.0 Å². The van der Waals surface area contributed by atoms with Crippen LogP contribution in [-0.2, 0) is 0 Å². The van der Waals surface area contributed by atoms with Crippen LogP contribution in [0.2, 0.25) is 0 Å². The molecule has 2 N–H and O–H groups in total. The van der Waals surface area contributed by atoms with E-state index in [1.54, 1.807) is 0 Å². The van der Waals surface area contributed by atoms with Gasteiger partial charge in [-0.25, -0.2) is 0 Å². The minimum Gasteiger partial charge on any atom is -0.366 e. The van der Waals surface area contributed by atoms with Gasteiger partial charge in [-0.3, -0.25) is 4.98 Å². The number of rotatable bonds is 4. The molecule has 0 fully saturated rings. The predicted octanol–water partition coefficient (Wildman–Crippen LogP) is 2.83. The van der Waals surface area contributed by atoms with Gasteiger partial charge in [-0.1, -0.05) is 18.2 Å². The fourth-order valence-corrected chi connectivity index (χ4v) is 2.45. The minimum atomic E-state index is 0.148. The number of para-hydroxylation sites is 1. The van der Waals surface area contributed by atoms with Gasteiger partial charge in [0.25, 0.3) is 0 Å². The van der Waals surface area contributed by atoms with Crippen LogP contribution in [0.1, 0.15) is 22.7 Å². The van der Waals surface area contributed by atoms with Crippen molar-refractivity contribution in [2.75, 3.05) is 18.5 Å². The number of likely N-dealkylation sites (N-methyl/N-ethyl adjacent to an activating group) is 1. The number of pyridine rings is 1. The third-order valence-electron chi connectivity index (χ3n) is 3.62. The lowest BCUT2D eigenvalue weighted by atomic mass is 10.0. The van der Waals surface area contributed by atoms with Crippen LogP contribution in [0.5, 0.6) is 0 Å². The van der Waals surface area contributed by atoms with Crippen LogP contribution in [0.4, 0.5) is 5.69 Å². The van der Waals surface area contributed by atoms with Gasteiger partial charge in [0.05, 0.1) is 6.04 Å². The summed E-state index contributed by atoms with van der Waals surface area (Å²) < 4.78 is 0. The highest BCUT2D eigenvalue weighted by Gasteiger charge is 2.18. The summed E-state index contributed by atoms with van der Waals surface area (Å²) in [5.41, 5.74) is 10.9. The molecule has 0 aliphatic carbocycles. The maximum absolute atomic E-state index is 5.99. The van der Waals surface area contributed by atoms with Gasteiger partial charge in [0.1, 0.15) is 0 Å². The van der Waals surface area contributed by atoms with Gasteiger partial charge in [0.15, 0.2) is 0 Å². The summed E-state index contributed by atoms with van der Waals surface area (Å²) in [4.78, 5) is 6.47. The van der Waals surface area contributed by atoms with Gasteiger partial charge in [-0.15, -0.1) is 0 Å². The molecular formula is C16H21N3. The lowest BCUT2D eigenvalue weighted by molar-refractivity contribution is 0.672. The van der Waals surface area contributed by atoms with Crippen LogP contribution in [0.3, 0.4) is 0 Å². The molecule has 0 saturated carbocycles. The third kappa shape index (κ3) is 2.76. The molecule has 100 valence electrons. The maximum atomic E-state index is 5.99. The SMILES string of the molecule is Cc1ccncc1C(CN)N(C)c1ccccc1C. The first kappa shape index (κ1) is 13.6. The second-order valence-electron chi connectivity index (χ2n) is 4.88. The van der Waals surface area contributed by atoms with Gasteiger partial charge >= 0.3 is 0 Å². The maximum Gasteiger partial charge on any atom is 0.0679 e. The highest BCUT2D eigenvalue weighted by atomic mass is 15.1. The number of benzene rings is 1. The van der Waals surface area contributed by atoms with Crippen LogP contribution < -0.4 is 10.6 Å². The van der Waals surface area contributed by atoms with E-state index in [1.807, 2.05) is 18.5 Å². The van der Waals surface area contributed by atoms with Crippen molar-refractivity contribution in [2.45, 2.75) is 19.9 Å². The topological polar surface area (TPSA) is 42.1 Å². The molecular weight excluding hydrogens is 234 g/mol. The molecule has 0 bridgehead atoms. The summed E-state index contributed by atoms with van der Waals surface area (Å²) in [5, 5.41) is 0. The summed E-state index contributed by atoms with van der Waals surface area (Å²) in [6.07, 6.45) is 3.74. The van der Waals surface area contributed by atoms with E-state index in [9.17, 15) is 0 Å². The molecule has 0 radical (unpaired) electrons. The molecule has 1 aromatic carbocycles. The molecule has 1 unspecified atom stereocenters. The second-order valence-corrected chi connectivity index (χ2v) is 4.88. The number of anilines is 1. The molecule has 0 aliphatic rings. The van der Waals surface area contributed by atoms with E-state index in [0.29, 0.717) is 6.54 Å². The van der Waals surface area contributed by atoms with Crippen molar-refractivity contribution >= 4 is 5.69 Å². The average Bonchev–Trinajstić information content (AvgIpc) is 2.42. The largest absolute Gasteiger partial charge is 0.366 e. The normalized spacial score (nSPS) is 12.2. The van der Waals surface area contributed by atoms with Crippen LogP contribution in [0.15, 0.2) is 42.7 Å². The van der Waals surface area contributed by atoms with Crippen molar-refractivity contribution < 1.29 is 0 Å². The van der Waals surface area contributed by atoms with Crippen LogP contribution in [-0.4, -0.2) is 18.6 Å². The van der Waals surface area contributed by atoms with Crippen molar-refractivity contribution in [1.29, 1.82) is 0 Å². The Hall–Kier alpha value is -1.87. The lowest BCUT2D eigenvalue weighted by Crippen LogP contribution is -2.31. The van der Waals surface area contributed by atoms with E-state index in [4.69, 9.17) is 5.73 Å². The summed E-state index contributed by atoms with van der Waals surface area (Å²) in [5.74, 6) is 0. The molecule has 1 heterocycles. The Morgan fingerprint density at radius 1 is 1.16 bits per heavy atom. The summed E-state index contributed by atoms with van der Waals surface area (Å²) in [6, 6.07) is 10.5. The molecule has 2 aromatic rings. The van der Waals surface area contributed by atoms with Gasteiger partial charge in [0.2, 0.25) is 0 Å². The Bertz CT molecular complexity index is 551. The molecule has 0 saturated heterocycles. The Morgan fingerprint density at radius 3 is 2.53 bits per heavy atom. The Kier molecular flexibility index (Phi) is 4.17. The van der Waals surface area contributed by atoms with Crippen molar-refractivity contribution in [3.8, 4) is 0 Å². The molecule has 19 heavy (non-hydrogen) atoms. The average molecular weight is 255 g/mol. The zero-order valence-corrected chi connectivity index (χ0v) is 11.8. The molecule has 3 nitrogen and oxygen atoms in total. The van der Waals surface area contributed by atoms with E-state index in [0.717, 1.165) is 0 Å². The van der Waals surface area contributed by atoms with Crippen molar-refractivity contribution in [2.24, 2.45) is 5.73 Å². The number of nitrogens with two attached hydrogens (primary N) is 1. The zero-order chi connectivity index (χ0) is 13.8. The number of aromatic nitrogens is 1. The second kappa shape index (κ2) is 5.85. The Morgan fingerprint density at radius 2 is 1.89 bits per heavy atom. The molecule has 1 aromatic heterocycles. The van der Waals surface area contributed by atoms with E-state index < -0.39 is 0 Å². The monoisotopic (exact) mass is 255 g/mol. The first-order valence-corrected chi connectivity index (χ1v) is 6.54. The van der Waals surface area contributed by atoms with E-state index in [1.165, 1.54) is 22.4 Å². The smallest absolute Gasteiger partial charge is 0.0679 e. The summed E-state index contributed by atoms with van der Waals surface area (Å²) in [6.45, 7) is 4.79. The fraction of sp³-hybridized carbons (Fsp3) is 0.312. The van der Waals surface area contributed by atoms with Crippen LogP contribution in [0, 0.1) is 13.8 Å². The lowest BCUT2D eigenvalue weighted by Gasteiger charge is -2.31. The molecule has 0 aliphatic heterocycles. The van der Waals surface area contributed by atoms with Crippen molar-refractivity contribution in [1.82, 2.24) is 4.98 Å². The highest BCUT2D eigenvalue weighted by Crippen LogP contribution is 2.28. The Balaban J connectivity index is 2.38. The minimum absolute atomic E-state index is 0.148. The first-order valence-electron chi connectivity index (χ1n) is 6.54. The molecule has 1 atom stereocenters. The molecule has 0 amide bonds. The molecule has 3 heteroatoms. The van der Waals surface area contributed by atoms with Crippen molar-refractivity contribution in [3.63, 3.8) is 0 Å². The van der Waals surface area contributed by atoms with Crippen LogP contribution in [0.25, 0.3) is 0 Å². The summed E-state index contributed by atoms with van der Waals surface area (Å²) >= 11 is 0. The first-order chi connectivity index (χ1) is 9.15. The number of nitrogens with zero attached hydrogens (tertiary/aromatic N) is 2. The van der Waals surface area contributed by atoms with Crippen LogP contribution >= 0.6 is 0 Å². The van der Waals surface area contributed by atoms with Gasteiger partial charge in [-0.2, -0.15) is 0 Å². The number of hydrogen-bond donors (Lipinski definition) is 1. The predicted molar refractivity (Wildman–Crippen MR) is 80.4 cm³/mol. The Labute approximate surface area is 115 Å². The fourth-order valence-electron chi connectivity index (χ4n) is 2.45. The third-order valence-corrected chi connectivity index (χ3v) is 3.62. The number of aryl methyl sites for hydroxylation is 2. The number of hydrogen-bond acceptors (Lipinski definition) is 3. The van der Waals surface area contributed by atoms with Gasteiger partial charge in [-0.05, 0) is 42.7 Å².